The Labute approximate surface area is 80.7 Å². The lowest BCUT2D eigenvalue weighted by molar-refractivity contribution is 0.388. The van der Waals surface area contributed by atoms with E-state index < -0.39 is 11.2 Å². The minimum absolute atomic E-state index is 0.280. The number of oxazole rings is 1. The minimum atomic E-state index is -0.940. The van der Waals surface area contributed by atoms with Crippen LogP contribution in [-0.2, 0) is 17.6 Å². The molecule has 0 bridgehead atoms. The number of aryl methyl sites for hydroxylation is 1. The van der Waals surface area contributed by atoms with E-state index in [2.05, 4.69) is 4.98 Å². The molecule has 0 saturated heterocycles. The first kappa shape index (κ1) is 9.09. The van der Waals surface area contributed by atoms with Crippen molar-refractivity contribution in [3.05, 3.63) is 11.6 Å². The standard InChI is InChI=1S/C9H13NO2S/c1-6(2)8-10-7-4-3-5-13(11)9(7)12-8/h6H,3-5H2,1-2H3. The highest BCUT2D eigenvalue weighted by atomic mass is 32.2. The maximum absolute atomic E-state index is 11.5. The molecule has 1 aromatic heterocycles. The molecule has 0 saturated carbocycles. The quantitative estimate of drug-likeness (QED) is 0.648. The molecular formula is C9H13NO2S. The Balaban J connectivity index is 2.36. The van der Waals surface area contributed by atoms with Gasteiger partial charge in [0, 0.05) is 23.5 Å². The van der Waals surface area contributed by atoms with Crippen LogP contribution in [-0.4, -0.2) is 15.3 Å². The highest BCUT2D eigenvalue weighted by molar-refractivity contribution is 7.91. The molecule has 1 unspecified atom stereocenters. The van der Waals surface area contributed by atoms with Crippen LogP contribution in [0.1, 0.15) is 37.8 Å². The number of hydrogen-bond acceptors (Lipinski definition) is 3. The predicted molar refractivity (Wildman–Crippen MR) is 50.2 cm³/mol. The van der Waals surface area contributed by atoms with E-state index in [0.29, 0.717) is 5.09 Å². The van der Waals surface area contributed by atoms with Crippen molar-refractivity contribution in [1.29, 1.82) is 0 Å². The van der Waals surface area contributed by atoms with Gasteiger partial charge in [-0.3, -0.25) is 0 Å². The molecule has 0 aromatic carbocycles. The largest absolute Gasteiger partial charge is 0.609 e. The maximum atomic E-state index is 11.5. The molecule has 2 heterocycles. The zero-order valence-corrected chi connectivity index (χ0v) is 8.69. The molecule has 13 heavy (non-hydrogen) atoms. The van der Waals surface area contributed by atoms with Crippen LogP contribution in [0.5, 0.6) is 0 Å². The van der Waals surface area contributed by atoms with E-state index in [-0.39, 0.29) is 5.92 Å². The molecule has 1 aromatic rings. The van der Waals surface area contributed by atoms with Gasteiger partial charge < -0.3 is 8.97 Å². The highest BCUT2D eigenvalue weighted by Crippen LogP contribution is 2.28. The third kappa shape index (κ3) is 1.60. The van der Waals surface area contributed by atoms with E-state index in [4.69, 9.17) is 4.42 Å². The van der Waals surface area contributed by atoms with Gasteiger partial charge in [0.25, 0.3) is 0 Å². The van der Waals surface area contributed by atoms with Crippen LogP contribution < -0.4 is 0 Å². The molecule has 0 N–H and O–H groups in total. The molecule has 0 aliphatic carbocycles. The van der Waals surface area contributed by atoms with Crippen LogP contribution in [0, 0.1) is 0 Å². The predicted octanol–water partition coefficient (Wildman–Crippen LogP) is 1.85. The third-order valence-electron chi connectivity index (χ3n) is 2.12. The first-order chi connectivity index (χ1) is 6.18. The first-order valence-corrected chi connectivity index (χ1v) is 5.88. The van der Waals surface area contributed by atoms with Gasteiger partial charge in [-0.15, -0.1) is 0 Å². The molecule has 3 nitrogen and oxygen atoms in total. The minimum Gasteiger partial charge on any atom is -0.609 e. The lowest BCUT2D eigenvalue weighted by atomic mass is 10.2. The van der Waals surface area contributed by atoms with Gasteiger partial charge in [0.05, 0.1) is 0 Å². The zero-order valence-electron chi connectivity index (χ0n) is 7.87. The second-order valence-corrected chi connectivity index (χ2v) is 5.06. The normalized spacial score (nSPS) is 22.0. The Kier molecular flexibility index (Phi) is 2.34. The number of aromatic nitrogens is 1. The first-order valence-electron chi connectivity index (χ1n) is 4.56. The van der Waals surface area contributed by atoms with Gasteiger partial charge in [-0.25, -0.2) is 4.98 Å². The fraction of sp³-hybridized carbons (Fsp3) is 0.667. The summed E-state index contributed by atoms with van der Waals surface area (Å²) < 4.78 is 17.0. The van der Waals surface area contributed by atoms with E-state index in [0.717, 1.165) is 30.2 Å². The van der Waals surface area contributed by atoms with Gasteiger partial charge >= 0.3 is 5.09 Å². The molecule has 0 radical (unpaired) electrons. The average molecular weight is 199 g/mol. The lowest BCUT2D eigenvalue weighted by Crippen LogP contribution is -2.14. The van der Waals surface area contributed by atoms with Crippen molar-refractivity contribution in [2.24, 2.45) is 0 Å². The van der Waals surface area contributed by atoms with Crippen LogP contribution >= 0.6 is 0 Å². The monoisotopic (exact) mass is 199 g/mol. The molecule has 2 rings (SSSR count). The molecule has 1 aliphatic rings. The van der Waals surface area contributed by atoms with Crippen LogP contribution in [0.4, 0.5) is 0 Å². The molecule has 1 atom stereocenters. The summed E-state index contributed by atoms with van der Waals surface area (Å²) in [7, 11) is 0. The van der Waals surface area contributed by atoms with Crippen molar-refractivity contribution in [2.75, 3.05) is 5.75 Å². The SMILES string of the molecule is CC(C)c1nc2c(o1)[S+]([O-])CCC2. The van der Waals surface area contributed by atoms with Crippen LogP contribution in [0.2, 0.25) is 0 Å². The van der Waals surface area contributed by atoms with Crippen LogP contribution in [0.25, 0.3) is 0 Å². The fourth-order valence-corrected chi connectivity index (χ4v) is 2.58. The summed E-state index contributed by atoms with van der Waals surface area (Å²) in [5.74, 6) is 1.72. The van der Waals surface area contributed by atoms with E-state index in [9.17, 15) is 4.55 Å². The summed E-state index contributed by atoms with van der Waals surface area (Å²) in [6.45, 7) is 4.06. The topological polar surface area (TPSA) is 49.1 Å². The van der Waals surface area contributed by atoms with Crippen molar-refractivity contribution in [1.82, 2.24) is 4.98 Å². The molecule has 4 heteroatoms. The Morgan fingerprint density at radius 1 is 1.54 bits per heavy atom. The Hall–Kier alpha value is -0.480. The van der Waals surface area contributed by atoms with Crippen molar-refractivity contribution in [2.45, 2.75) is 37.7 Å². The molecule has 0 fully saturated rings. The summed E-state index contributed by atoms with van der Waals surface area (Å²) in [5.41, 5.74) is 0.910. The van der Waals surface area contributed by atoms with Crippen molar-refractivity contribution >= 4 is 11.2 Å². The van der Waals surface area contributed by atoms with Gasteiger partial charge in [-0.1, -0.05) is 13.8 Å². The second-order valence-electron chi connectivity index (χ2n) is 3.59. The molecule has 0 amide bonds. The van der Waals surface area contributed by atoms with E-state index in [1.807, 2.05) is 13.8 Å². The van der Waals surface area contributed by atoms with Gasteiger partial charge in [0.1, 0.15) is 11.4 Å². The number of hydrogen-bond donors (Lipinski definition) is 0. The van der Waals surface area contributed by atoms with Crippen molar-refractivity contribution < 1.29 is 8.97 Å². The van der Waals surface area contributed by atoms with Crippen LogP contribution in [0.15, 0.2) is 9.51 Å². The number of rotatable bonds is 1. The van der Waals surface area contributed by atoms with E-state index >= 15 is 0 Å². The smallest absolute Gasteiger partial charge is 0.334 e. The summed E-state index contributed by atoms with van der Waals surface area (Å²) in [4.78, 5) is 4.34. The van der Waals surface area contributed by atoms with Gasteiger partial charge in [-0.2, -0.15) is 0 Å². The molecule has 72 valence electrons. The number of nitrogens with zero attached hydrogens (tertiary/aromatic N) is 1. The second kappa shape index (κ2) is 3.35. The fourth-order valence-electron chi connectivity index (χ4n) is 1.40. The Morgan fingerprint density at radius 3 is 2.92 bits per heavy atom. The maximum Gasteiger partial charge on any atom is 0.334 e. The van der Waals surface area contributed by atoms with Gasteiger partial charge in [0.15, 0.2) is 0 Å². The summed E-state index contributed by atoms with van der Waals surface area (Å²) >= 11 is -0.940. The molecular weight excluding hydrogens is 186 g/mol. The molecule has 0 spiro atoms. The highest BCUT2D eigenvalue weighted by Gasteiger charge is 2.29. The summed E-state index contributed by atoms with van der Waals surface area (Å²) in [6, 6.07) is 0. The zero-order chi connectivity index (χ0) is 9.42. The average Bonchev–Trinajstić information content (AvgIpc) is 2.49. The van der Waals surface area contributed by atoms with E-state index in [1.54, 1.807) is 0 Å². The number of fused-ring (bicyclic) bond motifs is 1. The summed E-state index contributed by atoms with van der Waals surface area (Å²) in [6.07, 6.45) is 1.88. The third-order valence-corrected chi connectivity index (χ3v) is 3.51. The molecule has 1 aliphatic heterocycles. The van der Waals surface area contributed by atoms with Gasteiger partial charge in [-0.05, 0) is 6.42 Å². The Bertz CT molecular complexity index is 309. The van der Waals surface area contributed by atoms with Crippen LogP contribution in [0.3, 0.4) is 0 Å². The lowest BCUT2D eigenvalue weighted by Gasteiger charge is -2.11. The van der Waals surface area contributed by atoms with Crippen molar-refractivity contribution in [3.63, 3.8) is 0 Å². The van der Waals surface area contributed by atoms with Crippen molar-refractivity contribution in [3.8, 4) is 0 Å². The van der Waals surface area contributed by atoms with E-state index in [1.165, 1.54) is 0 Å². The summed E-state index contributed by atoms with van der Waals surface area (Å²) in [5, 5.41) is 0.620. The van der Waals surface area contributed by atoms with Gasteiger partial charge in [0.2, 0.25) is 5.89 Å². The Morgan fingerprint density at radius 2 is 2.31 bits per heavy atom.